The first kappa shape index (κ1) is 24.7. The number of rotatable bonds is 6. The van der Waals surface area contributed by atoms with E-state index in [1.165, 1.54) is 0 Å². The van der Waals surface area contributed by atoms with E-state index in [1.54, 1.807) is 72.8 Å². The zero-order valence-electron chi connectivity index (χ0n) is 17.4. The Morgan fingerprint density at radius 2 is 1.29 bits per heavy atom. The van der Waals surface area contributed by atoms with Crippen LogP contribution in [0.4, 0.5) is 5.69 Å². The SMILES string of the molecule is O=C(Nc1ccc(Cl)cc1)c1ccc(OC(c2ccc(Cl)cc2)c2ccc(Cl)cc2Cl)c(Cl)c1. The number of carbonyl (C=O) groups is 1. The highest BCUT2D eigenvalue weighted by Crippen LogP contribution is 2.37. The molecule has 8 heteroatoms. The third-order valence-electron chi connectivity index (χ3n) is 4.96. The van der Waals surface area contributed by atoms with Gasteiger partial charge in [0.25, 0.3) is 5.91 Å². The van der Waals surface area contributed by atoms with Crippen LogP contribution in [0.15, 0.2) is 84.9 Å². The molecule has 0 aliphatic rings. The van der Waals surface area contributed by atoms with Gasteiger partial charge in [-0.3, -0.25) is 4.79 Å². The van der Waals surface area contributed by atoms with Crippen LogP contribution < -0.4 is 10.1 Å². The molecule has 0 fully saturated rings. The summed E-state index contributed by atoms with van der Waals surface area (Å²) in [6, 6.07) is 24.1. The fraction of sp³-hybridized carbons (Fsp3) is 0.0385. The highest BCUT2D eigenvalue weighted by atomic mass is 35.5. The number of benzene rings is 4. The Hall–Kier alpha value is -2.40. The van der Waals surface area contributed by atoms with Gasteiger partial charge in [0.05, 0.1) is 5.02 Å². The van der Waals surface area contributed by atoms with Gasteiger partial charge in [-0.15, -0.1) is 0 Å². The molecule has 4 aromatic rings. The van der Waals surface area contributed by atoms with E-state index in [0.29, 0.717) is 42.7 Å². The normalized spacial score (nSPS) is 11.7. The van der Waals surface area contributed by atoms with E-state index in [9.17, 15) is 4.79 Å². The van der Waals surface area contributed by atoms with Gasteiger partial charge in [0.1, 0.15) is 5.75 Å². The first-order chi connectivity index (χ1) is 16.3. The monoisotopic (exact) mass is 549 g/mol. The number of halogens is 5. The van der Waals surface area contributed by atoms with Gasteiger partial charge in [0.2, 0.25) is 0 Å². The molecule has 4 aromatic carbocycles. The molecule has 0 bridgehead atoms. The average Bonchev–Trinajstić information content (AvgIpc) is 2.81. The van der Waals surface area contributed by atoms with Crippen LogP contribution in [0, 0.1) is 0 Å². The number of anilines is 1. The van der Waals surface area contributed by atoms with E-state index in [4.69, 9.17) is 62.7 Å². The van der Waals surface area contributed by atoms with Crippen LogP contribution in [0.25, 0.3) is 0 Å². The van der Waals surface area contributed by atoms with Crippen molar-refractivity contribution in [3.05, 3.63) is 127 Å². The topological polar surface area (TPSA) is 38.3 Å². The highest BCUT2D eigenvalue weighted by molar-refractivity contribution is 6.35. The first-order valence-corrected chi connectivity index (χ1v) is 11.9. The molecular weight excluding hydrogens is 536 g/mol. The van der Waals surface area contributed by atoms with Crippen molar-refractivity contribution in [3.8, 4) is 5.75 Å². The van der Waals surface area contributed by atoms with E-state index < -0.39 is 6.10 Å². The molecule has 34 heavy (non-hydrogen) atoms. The molecule has 0 aromatic heterocycles. The summed E-state index contributed by atoms with van der Waals surface area (Å²) in [5.74, 6) is 0.0708. The quantitative estimate of drug-likeness (QED) is 0.259. The maximum absolute atomic E-state index is 12.7. The summed E-state index contributed by atoms with van der Waals surface area (Å²) in [4.78, 5) is 12.7. The van der Waals surface area contributed by atoms with Crippen molar-refractivity contribution in [2.45, 2.75) is 6.10 Å². The Bertz CT molecular complexity index is 1320. The van der Waals surface area contributed by atoms with Crippen LogP contribution in [0.3, 0.4) is 0 Å². The maximum atomic E-state index is 12.7. The molecule has 0 saturated carbocycles. The summed E-state index contributed by atoms with van der Waals surface area (Å²) in [6.45, 7) is 0. The minimum Gasteiger partial charge on any atom is -0.479 e. The predicted molar refractivity (Wildman–Crippen MR) is 141 cm³/mol. The molecule has 172 valence electrons. The third kappa shape index (κ3) is 5.99. The lowest BCUT2D eigenvalue weighted by atomic mass is 10.0. The molecule has 0 saturated heterocycles. The number of ether oxygens (including phenoxy) is 1. The van der Waals surface area contributed by atoms with Crippen molar-refractivity contribution in [2.24, 2.45) is 0 Å². The summed E-state index contributed by atoms with van der Waals surface area (Å²) < 4.78 is 6.30. The number of hydrogen-bond donors (Lipinski definition) is 1. The summed E-state index contributed by atoms with van der Waals surface area (Å²) in [5.41, 5.74) is 2.51. The van der Waals surface area contributed by atoms with E-state index in [2.05, 4.69) is 5.32 Å². The van der Waals surface area contributed by atoms with E-state index in [0.717, 1.165) is 5.56 Å². The largest absolute Gasteiger partial charge is 0.479 e. The Kier molecular flexibility index (Phi) is 7.92. The van der Waals surface area contributed by atoms with Gasteiger partial charge in [-0.05, 0) is 72.3 Å². The maximum Gasteiger partial charge on any atom is 0.255 e. The van der Waals surface area contributed by atoms with Crippen LogP contribution in [0.1, 0.15) is 27.6 Å². The van der Waals surface area contributed by atoms with Gasteiger partial charge in [-0.2, -0.15) is 0 Å². The molecule has 0 spiro atoms. The van der Waals surface area contributed by atoms with E-state index in [-0.39, 0.29) is 10.9 Å². The zero-order chi connectivity index (χ0) is 24.2. The Morgan fingerprint density at radius 1 is 0.676 bits per heavy atom. The third-order valence-corrected chi connectivity index (χ3v) is 6.32. The summed E-state index contributed by atoms with van der Waals surface area (Å²) in [6.07, 6.45) is -0.590. The average molecular weight is 552 g/mol. The molecule has 0 heterocycles. The smallest absolute Gasteiger partial charge is 0.255 e. The minimum atomic E-state index is -0.590. The Balaban J connectivity index is 1.61. The van der Waals surface area contributed by atoms with Crippen molar-refractivity contribution in [3.63, 3.8) is 0 Å². The highest BCUT2D eigenvalue weighted by Gasteiger charge is 2.21. The second-order valence-corrected chi connectivity index (χ2v) is 9.45. The van der Waals surface area contributed by atoms with Crippen molar-refractivity contribution in [1.29, 1.82) is 0 Å². The summed E-state index contributed by atoms with van der Waals surface area (Å²) in [5, 5.41) is 5.21. The predicted octanol–water partition coefficient (Wildman–Crippen LogP) is 9.37. The zero-order valence-corrected chi connectivity index (χ0v) is 21.1. The molecule has 1 N–H and O–H groups in total. The van der Waals surface area contributed by atoms with Crippen molar-refractivity contribution in [1.82, 2.24) is 0 Å². The van der Waals surface area contributed by atoms with Crippen LogP contribution in [-0.4, -0.2) is 5.91 Å². The Labute approximate surface area is 222 Å². The van der Waals surface area contributed by atoms with Gasteiger partial charge < -0.3 is 10.1 Å². The van der Waals surface area contributed by atoms with Crippen molar-refractivity contribution in [2.75, 3.05) is 5.32 Å². The lowest BCUT2D eigenvalue weighted by Gasteiger charge is -2.22. The molecule has 0 aliphatic carbocycles. The molecular formula is C26H16Cl5NO2. The number of hydrogen-bond acceptors (Lipinski definition) is 2. The van der Waals surface area contributed by atoms with E-state index >= 15 is 0 Å². The standard InChI is InChI=1S/C26H16Cl5NO2/c27-17-4-1-15(2-5-17)25(21-11-8-19(29)14-22(21)30)34-24-12-3-16(13-23(24)31)26(33)32-20-9-6-18(28)7-10-20/h1-14,25H,(H,32,33). The van der Waals surface area contributed by atoms with Gasteiger partial charge in [0, 0.05) is 36.9 Å². The molecule has 1 amide bonds. The first-order valence-electron chi connectivity index (χ1n) is 10.0. The number of amides is 1. The number of nitrogens with one attached hydrogen (secondary N) is 1. The summed E-state index contributed by atoms with van der Waals surface area (Å²) >= 11 is 31.0. The molecule has 0 aliphatic heterocycles. The van der Waals surface area contributed by atoms with Gasteiger partial charge in [-0.25, -0.2) is 0 Å². The minimum absolute atomic E-state index is 0.271. The second-order valence-electron chi connectivity index (χ2n) is 7.32. The Morgan fingerprint density at radius 3 is 1.91 bits per heavy atom. The number of carbonyl (C=O) groups excluding carboxylic acids is 1. The molecule has 3 nitrogen and oxygen atoms in total. The van der Waals surface area contributed by atoms with Gasteiger partial charge in [0.15, 0.2) is 6.10 Å². The molecule has 1 atom stereocenters. The van der Waals surface area contributed by atoms with E-state index in [1.807, 2.05) is 12.1 Å². The van der Waals surface area contributed by atoms with Crippen molar-refractivity contribution >= 4 is 69.6 Å². The van der Waals surface area contributed by atoms with Crippen LogP contribution in [0.2, 0.25) is 25.1 Å². The fourth-order valence-corrected chi connectivity index (χ4v) is 4.25. The molecule has 0 radical (unpaired) electrons. The van der Waals surface area contributed by atoms with Crippen LogP contribution in [0.5, 0.6) is 5.75 Å². The molecule has 4 rings (SSSR count). The lowest BCUT2D eigenvalue weighted by molar-refractivity contribution is 0.102. The van der Waals surface area contributed by atoms with Crippen molar-refractivity contribution < 1.29 is 9.53 Å². The van der Waals surface area contributed by atoms with Gasteiger partial charge >= 0.3 is 0 Å². The van der Waals surface area contributed by atoms with Crippen LogP contribution >= 0.6 is 58.0 Å². The second kappa shape index (κ2) is 10.9. The molecule has 1 unspecified atom stereocenters. The summed E-state index contributed by atoms with van der Waals surface area (Å²) in [7, 11) is 0. The van der Waals surface area contributed by atoms with Crippen LogP contribution in [-0.2, 0) is 0 Å². The fourth-order valence-electron chi connectivity index (χ4n) is 3.26. The van der Waals surface area contributed by atoms with Gasteiger partial charge in [-0.1, -0.05) is 76.2 Å². The lowest BCUT2D eigenvalue weighted by Crippen LogP contribution is -2.13.